The molecule has 0 amide bonds. The van der Waals surface area contributed by atoms with Gasteiger partial charge in [-0.3, -0.25) is 4.98 Å². The smallest absolute Gasteiger partial charge is 0.0704 e. The predicted molar refractivity (Wildman–Crippen MR) is 68.3 cm³/mol. The minimum absolute atomic E-state index is 0.229. The highest BCUT2D eigenvalue weighted by Crippen LogP contribution is 2.20. The van der Waals surface area contributed by atoms with Gasteiger partial charge in [0.25, 0.3) is 0 Å². The van der Waals surface area contributed by atoms with Crippen LogP contribution in [0, 0.1) is 5.92 Å². The van der Waals surface area contributed by atoms with E-state index in [1.54, 1.807) is 0 Å². The first-order valence-electron chi connectivity index (χ1n) is 5.76. The number of hydrogen-bond acceptors (Lipinski definition) is 2. The number of para-hydroxylation sites is 1. The number of rotatable bonds is 3. The van der Waals surface area contributed by atoms with Gasteiger partial charge in [0.15, 0.2) is 0 Å². The Kier molecular flexibility index (Phi) is 3.20. The summed E-state index contributed by atoms with van der Waals surface area (Å²) in [6.07, 6.45) is 2.90. The lowest BCUT2D eigenvalue weighted by molar-refractivity contribution is 0.483. The van der Waals surface area contributed by atoms with Gasteiger partial charge in [-0.1, -0.05) is 25.1 Å². The van der Waals surface area contributed by atoms with Crippen molar-refractivity contribution in [2.24, 2.45) is 11.7 Å². The molecule has 0 radical (unpaired) electrons. The summed E-state index contributed by atoms with van der Waals surface area (Å²) in [4.78, 5) is 4.36. The van der Waals surface area contributed by atoms with Crippen molar-refractivity contribution < 1.29 is 0 Å². The van der Waals surface area contributed by atoms with Crippen LogP contribution in [0.15, 0.2) is 36.5 Å². The zero-order chi connectivity index (χ0) is 11.5. The molecule has 2 nitrogen and oxygen atoms in total. The van der Waals surface area contributed by atoms with Crippen molar-refractivity contribution in [3.05, 3.63) is 42.1 Å². The Morgan fingerprint density at radius 3 is 2.69 bits per heavy atom. The van der Waals surface area contributed by atoms with Gasteiger partial charge >= 0.3 is 0 Å². The normalized spacial score (nSPS) is 14.9. The van der Waals surface area contributed by atoms with E-state index in [-0.39, 0.29) is 6.04 Å². The number of fused-ring (bicyclic) bond motifs is 1. The molecule has 1 aromatic heterocycles. The lowest BCUT2D eigenvalue weighted by Gasteiger charge is -2.16. The predicted octanol–water partition coefficient (Wildman–Crippen LogP) is 2.76. The van der Waals surface area contributed by atoms with Gasteiger partial charge in [-0.2, -0.15) is 0 Å². The Labute approximate surface area is 96.5 Å². The molecule has 1 aromatic carbocycles. The molecule has 2 unspecified atom stereocenters. The van der Waals surface area contributed by atoms with E-state index >= 15 is 0 Å². The van der Waals surface area contributed by atoms with Gasteiger partial charge in [0.1, 0.15) is 0 Å². The molecule has 0 aliphatic heterocycles. The molecule has 2 aromatic rings. The number of hydrogen-bond donors (Lipinski definition) is 1. The Hall–Kier alpha value is -1.41. The van der Waals surface area contributed by atoms with Crippen LogP contribution in [0.25, 0.3) is 10.9 Å². The largest absolute Gasteiger partial charge is 0.328 e. The summed E-state index contributed by atoms with van der Waals surface area (Å²) in [5.74, 6) is 0.491. The monoisotopic (exact) mass is 214 g/mol. The Morgan fingerprint density at radius 1 is 1.19 bits per heavy atom. The van der Waals surface area contributed by atoms with Gasteiger partial charge in [-0.15, -0.1) is 0 Å². The first kappa shape index (κ1) is 11.1. The lowest BCUT2D eigenvalue weighted by atomic mass is 9.94. The van der Waals surface area contributed by atoms with E-state index in [0.29, 0.717) is 5.92 Å². The molecule has 2 atom stereocenters. The van der Waals surface area contributed by atoms with Crippen LogP contribution < -0.4 is 5.73 Å². The molecular weight excluding hydrogens is 196 g/mol. The SMILES string of the molecule is CC(N)C(C)Cc1ccnc2ccccc12. The van der Waals surface area contributed by atoms with Gasteiger partial charge in [-0.05, 0) is 37.0 Å². The van der Waals surface area contributed by atoms with Crippen molar-refractivity contribution in [2.45, 2.75) is 26.3 Å². The summed E-state index contributed by atoms with van der Waals surface area (Å²) >= 11 is 0. The first-order valence-corrected chi connectivity index (χ1v) is 5.76. The molecule has 0 spiro atoms. The quantitative estimate of drug-likeness (QED) is 0.853. The fraction of sp³-hybridized carbons (Fsp3) is 0.357. The summed E-state index contributed by atoms with van der Waals surface area (Å²) in [7, 11) is 0. The summed E-state index contributed by atoms with van der Waals surface area (Å²) < 4.78 is 0. The second-order valence-electron chi connectivity index (χ2n) is 4.53. The third-order valence-electron chi connectivity index (χ3n) is 3.18. The highest BCUT2D eigenvalue weighted by Gasteiger charge is 2.10. The second kappa shape index (κ2) is 4.62. The molecule has 0 fully saturated rings. The van der Waals surface area contributed by atoms with E-state index in [1.165, 1.54) is 10.9 Å². The molecule has 0 aliphatic carbocycles. The van der Waals surface area contributed by atoms with Crippen LogP contribution in [0.5, 0.6) is 0 Å². The van der Waals surface area contributed by atoms with Crippen molar-refractivity contribution in [1.29, 1.82) is 0 Å². The average Bonchev–Trinajstić information content (AvgIpc) is 2.29. The van der Waals surface area contributed by atoms with Crippen LogP contribution >= 0.6 is 0 Å². The third kappa shape index (κ3) is 2.22. The minimum Gasteiger partial charge on any atom is -0.328 e. The number of nitrogens with zero attached hydrogens (tertiary/aromatic N) is 1. The van der Waals surface area contributed by atoms with Crippen LogP contribution in [-0.2, 0) is 6.42 Å². The molecule has 0 aliphatic rings. The maximum Gasteiger partial charge on any atom is 0.0704 e. The van der Waals surface area contributed by atoms with Crippen LogP contribution in [0.4, 0.5) is 0 Å². The van der Waals surface area contributed by atoms with E-state index in [1.807, 2.05) is 12.3 Å². The first-order chi connectivity index (χ1) is 7.68. The van der Waals surface area contributed by atoms with Crippen molar-refractivity contribution in [3.8, 4) is 0 Å². The zero-order valence-corrected chi connectivity index (χ0v) is 9.85. The van der Waals surface area contributed by atoms with Crippen molar-refractivity contribution in [1.82, 2.24) is 4.98 Å². The van der Waals surface area contributed by atoms with Crippen molar-refractivity contribution >= 4 is 10.9 Å². The molecular formula is C14H18N2. The number of benzene rings is 1. The highest BCUT2D eigenvalue weighted by atomic mass is 14.6. The topological polar surface area (TPSA) is 38.9 Å². The molecule has 2 heteroatoms. The van der Waals surface area contributed by atoms with E-state index in [9.17, 15) is 0 Å². The van der Waals surface area contributed by atoms with Crippen LogP contribution in [-0.4, -0.2) is 11.0 Å². The van der Waals surface area contributed by atoms with Gasteiger partial charge in [0, 0.05) is 17.6 Å². The van der Waals surface area contributed by atoms with E-state index in [2.05, 4.69) is 43.1 Å². The summed E-state index contributed by atoms with van der Waals surface area (Å²) in [5, 5.41) is 1.25. The molecule has 2 N–H and O–H groups in total. The lowest BCUT2D eigenvalue weighted by Crippen LogP contribution is -2.25. The molecule has 2 rings (SSSR count). The van der Waals surface area contributed by atoms with Crippen LogP contribution in [0.2, 0.25) is 0 Å². The van der Waals surface area contributed by atoms with Gasteiger partial charge in [-0.25, -0.2) is 0 Å². The second-order valence-corrected chi connectivity index (χ2v) is 4.53. The van der Waals surface area contributed by atoms with E-state index < -0.39 is 0 Å². The third-order valence-corrected chi connectivity index (χ3v) is 3.18. The number of nitrogens with two attached hydrogens (primary N) is 1. The maximum atomic E-state index is 5.91. The number of aromatic nitrogens is 1. The van der Waals surface area contributed by atoms with E-state index in [4.69, 9.17) is 5.73 Å². The van der Waals surface area contributed by atoms with E-state index in [0.717, 1.165) is 11.9 Å². The van der Waals surface area contributed by atoms with Gasteiger partial charge < -0.3 is 5.73 Å². The standard InChI is InChI=1S/C14H18N2/c1-10(11(2)15)9-12-7-8-16-14-6-4-3-5-13(12)14/h3-8,10-11H,9,15H2,1-2H3. The Bertz CT molecular complexity index is 472. The molecule has 0 saturated carbocycles. The molecule has 0 bridgehead atoms. The van der Waals surface area contributed by atoms with Crippen LogP contribution in [0.3, 0.4) is 0 Å². The highest BCUT2D eigenvalue weighted by molar-refractivity contribution is 5.81. The summed E-state index contributed by atoms with van der Waals surface area (Å²) in [6, 6.07) is 10.6. The Balaban J connectivity index is 2.37. The zero-order valence-electron chi connectivity index (χ0n) is 9.85. The van der Waals surface area contributed by atoms with Gasteiger partial charge in [0.05, 0.1) is 5.52 Å². The summed E-state index contributed by atoms with van der Waals surface area (Å²) in [6.45, 7) is 4.26. The molecule has 0 saturated heterocycles. The summed E-state index contributed by atoms with van der Waals surface area (Å²) in [5.41, 5.74) is 8.32. The number of pyridine rings is 1. The molecule has 16 heavy (non-hydrogen) atoms. The van der Waals surface area contributed by atoms with Crippen LogP contribution in [0.1, 0.15) is 19.4 Å². The fourth-order valence-corrected chi connectivity index (χ4v) is 1.87. The minimum atomic E-state index is 0.229. The fourth-order valence-electron chi connectivity index (χ4n) is 1.87. The molecule has 84 valence electrons. The Morgan fingerprint density at radius 2 is 1.94 bits per heavy atom. The average molecular weight is 214 g/mol. The van der Waals surface area contributed by atoms with Crippen molar-refractivity contribution in [3.63, 3.8) is 0 Å². The van der Waals surface area contributed by atoms with Gasteiger partial charge in [0.2, 0.25) is 0 Å². The van der Waals surface area contributed by atoms with Crippen molar-refractivity contribution in [2.75, 3.05) is 0 Å². The molecule has 1 heterocycles. The maximum absolute atomic E-state index is 5.91.